The number of hydrogen-bond acceptors (Lipinski definition) is 7. The number of Topliss-reactive ketones (excluding diaryl/α,β-unsaturated/α-hetero) is 1. The van der Waals surface area contributed by atoms with Crippen molar-refractivity contribution in [1.82, 2.24) is 9.78 Å². The molecule has 9 heteroatoms. The van der Waals surface area contributed by atoms with E-state index < -0.39 is 36.5 Å². The van der Waals surface area contributed by atoms with Gasteiger partial charge in [-0.2, -0.15) is 4.68 Å². The standard InChI is InChI=1S/C19H15FN2O6/c1-26-16-8-7-13(20)9-14(16)15(23)11-27-17(24)10-22-19(25)28-18(21-22)12-5-3-2-4-6-12/h2-9H,10-11H2,1H3. The molecule has 2 aromatic carbocycles. The van der Waals surface area contributed by atoms with Crippen LogP contribution in [0.4, 0.5) is 4.39 Å². The Bertz CT molecular complexity index is 1060. The monoisotopic (exact) mass is 386 g/mol. The molecule has 1 heterocycles. The second kappa shape index (κ2) is 8.30. The molecule has 8 nitrogen and oxygen atoms in total. The van der Waals surface area contributed by atoms with E-state index in [1.54, 1.807) is 30.3 Å². The first-order valence-electron chi connectivity index (χ1n) is 8.13. The Morgan fingerprint density at radius 3 is 2.64 bits per heavy atom. The van der Waals surface area contributed by atoms with Crippen molar-refractivity contribution >= 4 is 11.8 Å². The van der Waals surface area contributed by atoms with Crippen LogP contribution in [-0.4, -0.2) is 35.2 Å². The number of ether oxygens (including phenoxy) is 2. The SMILES string of the molecule is COc1ccc(F)cc1C(=O)COC(=O)Cn1nc(-c2ccccc2)oc1=O. The number of carbonyl (C=O) groups excluding carboxylic acids is 2. The molecule has 0 aliphatic rings. The number of aromatic nitrogens is 2. The minimum atomic E-state index is -0.876. The average molecular weight is 386 g/mol. The Morgan fingerprint density at radius 2 is 1.93 bits per heavy atom. The highest BCUT2D eigenvalue weighted by Crippen LogP contribution is 2.20. The van der Waals surface area contributed by atoms with Gasteiger partial charge in [-0.3, -0.25) is 9.59 Å². The van der Waals surface area contributed by atoms with E-state index in [-0.39, 0.29) is 17.2 Å². The summed E-state index contributed by atoms with van der Waals surface area (Å²) in [6.07, 6.45) is 0. The van der Waals surface area contributed by atoms with Crippen molar-refractivity contribution in [2.24, 2.45) is 0 Å². The summed E-state index contributed by atoms with van der Waals surface area (Å²) in [5.74, 6) is -2.78. The third kappa shape index (κ3) is 4.32. The average Bonchev–Trinajstić information content (AvgIpc) is 3.07. The molecule has 0 aliphatic carbocycles. The van der Waals surface area contributed by atoms with Crippen molar-refractivity contribution < 1.29 is 27.9 Å². The summed E-state index contributed by atoms with van der Waals surface area (Å²) in [7, 11) is 1.33. The lowest BCUT2D eigenvalue weighted by molar-refractivity contribution is -0.143. The fourth-order valence-electron chi connectivity index (χ4n) is 2.39. The Hall–Kier alpha value is -3.75. The van der Waals surface area contributed by atoms with Crippen LogP contribution in [0.15, 0.2) is 57.7 Å². The van der Waals surface area contributed by atoms with Gasteiger partial charge in [0, 0.05) is 5.56 Å². The second-order valence-electron chi connectivity index (χ2n) is 5.63. The molecule has 3 rings (SSSR count). The van der Waals surface area contributed by atoms with Gasteiger partial charge >= 0.3 is 11.7 Å². The number of methoxy groups -OCH3 is 1. The summed E-state index contributed by atoms with van der Waals surface area (Å²) in [4.78, 5) is 35.9. The number of hydrogen-bond donors (Lipinski definition) is 0. The molecule has 0 amide bonds. The van der Waals surface area contributed by atoms with E-state index in [0.29, 0.717) is 5.56 Å². The highest BCUT2D eigenvalue weighted by Gasteiger charge is 2.18. The lowest BCUT2D eigenvalue weighted by Crippen LogP contribution is -2.24. The number of ketones is 1. The van der Waals surface area contributed by atoms with E-state index >= 15 is 0 Å². The van der Waals surface area contributed by atoms with Gasteiger partial charge in [0.1, 0.15) is 18.1 Å². The van der Waals surface area contributed by atoms with Crippen LogP contribution in [0.1, 0.15) is 10.4 Å². The molecule has 0 unspecified atom stereocenters. The highest BCUT2D eigenvalue weighted by molar-refractivity contribution is 6.00. The van der Waals surface area contributed by atoms with Gasteiger partial charge in [0.2, 0.25) is 11.7 Å². The molecule has 0 N–H and O–H groups in total. The molecule has 28 heavy (non-hydrogen) atoms. The molecule has 0 atom stereocenters. The lowest BCUT2D eigenvalue weighted by Gasteiger charge is -2.08. The highest BCUT2D eigenvalue weighted by atomic mass is 19.1. The van der Waals surface area contributed by atoms with Gasteiger partial charge < -0.3 is 13.9 Å². The zero-order chi connectivity index (χ0) is 20.1. The maximum Gasteiger partial charge on any atom is 0.437 e. The predicted octanol–water partition coefficient (Wildman–Crippen LogP) is 2.08. The Labute approximate surface area is 158 Å². The summed E-state index contributed by atoms with van der Waals surface area (Å²) >= 11 is 0. The van der Waals surface area contributed by atoms with E-state index in [1.807, 2.05) is 0 Å². The Kier molecular flexibility index (Phi) is 5.64. The predicted molar refractivity (Wildman–Crippen MR) is 94.4 cm³/mol. The topological polar surface area (TPSA) is 101 Å². The van der Waals surface area contributed by atoms with Crippen molar-refractivity contribution in [2.45, 2.75) is 6.54 Å². The summed E-state index contributed by atoms with van der Waals surface area (Å²) in [5.41, 5.74) is 0.514. The molecule has 3 aromatic rings. The molecular weight excluding hydrogens is 371 g/mol. The van der Waals surface area contributed by atoms with E-state index in [0.717, 1.165) is 16.8 Å². The number of halogens is 1. The second-order valence-corrected chi connectivity index (χ2v) is 5.63. The van der Waals surface area contributed by atoms with Crippen molar-refractivity contribution in [3.8, 4) is 17.2 Å². The third-order valence-electron chi connectivity index (χ3n) is 3.73. The van der Waals surface area contributed by atoms with Crippen LogP contribution in [0.5, 0.6) is 5.75 Å². The van der Waals surface area contributed by atoms with Crippen molar-refractivity contribution in [1.29, 1.82) is 0 Å². The molecule has 0 bridgehead atoms. The van der Waals surface area contributed by atoms with Crippen LogP contribution >= 0.6 is 0 Å². The van der Waals surface area contributed by atoms with Gasteiger partial charge in [0.25, 0.3) is 0 Å². The smallest absolute Gasteiger partial charge is 0.437 e. The van der Waals surface area contributed by atoms with Gasteiger partial charge in [-0.1, -0.05) is 18.2 Å². The molecule has 0 spiro atoms. The van der Waals surface area contributed by atoms with Gasteiger partial charge in [0.05, 0.1) is 12.7 Å². The molecular formula is C19H15FN2O6. The fraction of sp³-hybridized carbons (Fsp3) is 0.158. The maximum atomic E-state index is 13.3. The van der Waals surface area contributed by atoms with Crippen LogP contribution in [0, 0.1) is 5.82 Å². The lowest BCUT2D eigenvalue weighted by atomic mass is 10.1. The minimum Gasteiger partial charge on any atom is -0.496 e. The first-order valence-corrected chi connectivity index (χ1v) is 8.13. The van der Waals surface area contributed by atoms with Crippen molar-refractivity contribution in [3.05, 3.63) is 70.5 Å². The molecule has 0 fully saturated rings. The molecule has 0 aliphatic heterocycles. The molecule has 144 valence electrons. The van der Waals surface area contributed by atoms with Gasteiger partial charge in [-0.15, -0.1) is 5.10 Å². The molecule has 0 radical (unpaired) electrons. The first-order chi connectivity index (χ1) is 13.5. The van der Waals surface area contributed by atoms with Crippen LogP contribution in [0.3, 0.4) is 0 Å². The minimum absolute atomic E-state index is 0.0546. The summed E-state index contributed by atoms with van der Waals surface area (Å²) < 4.78 is 29.0. The van der Waals surface area contributed by atoms with Crippen LogP contribution in [-0.2, 0) is 16.1 Å². The fourth-order valence-corrected chi connectivity index (χ4v) is 2.39. The van der Waals surface area contributed by atoms with E-state index in [2.05, 4.69) is 5.10 Å². The number of carbonyl (C=O) groups is 2. The normalized spacial score (nSPS) is 10.5. The summed E-state index contributed by atoms with van der Waals surface area (Å²) in [6.45, 7) is -1.18. The third-order valence-corrected chi connectivity index (χ3v) is 3.73. The number of benzene rings is 2. The number of nitrogens with zero attached hydrogens (tertiary/aromatic N) is 2. The number of esters is 1. The molecule has 1 aromatic heterocycles. The Balaban J connectivity index is 1.64. The van der Waals surface area contributed by atoms with Gasteiger partial charge in [0.15, 0.2) is 6.61 Å². The summed E-state index contributed by atoms with van der Waals surface area (Å²) in [5, 5.41) is 3.93. The van der Waals surface area contributed by atoms with Crippen molar-refractivity contribution in [2.75, 3.05) is 13.7 Å². The zero-order valence-electron chi connectivity index (χ0n) is 14.8. The van der Waals surface area contributed by atoms with E-state index in [4.69, 9.17) is 13.9 Å². The van der Waals surface area contributed by atoms with Gasteiger partial charge in [-0.05, 0) is 30.3 Å². The van der Waals surface area contributed by atoms with Crippen LogP contribution in [0.25, 0.3) is 11.5 Å². The van der Waals surface area contributed by atoms with E-state index in [1.165, 1.54) is 13.2 Å². The maximum absolute atomic E-state index is 13.3. The summed E-state index contributed by atoms with van der Waals surface area (Å²) in [6, 6.07) is 12.1. The van der Waals surface area contributed by atoms with Gasteiger partial charge in [-0.25, -0.2) is 9.18 Å². The number of rotatable bonds is 7. The zero-order valence-corrected chi connectivity index (χ0v) is 14.8. The quantitative estimate of drug-likeness (QED) is 0.453. The first kappa shape index (κ1) is 19.0. The van der Waals surface area contributed by atoms with Crippen LogP contribution < -0.4 is 10.5 Å². The van der Waals surface area contributed by atoms with Crippen LogP contribution in [0.2, 0.25) is 0 Å². The molecule has 0 saturated carbocycles. The molecule has 0 saturated heterocycles. The largest absolute Gasteiger partial charge is 0.496 e. The Morgan fingerprint density at radius 1 is 1.18 bits per heavy atom. The van der Waals surface area contributed by atoms with Crippen molar-refractivity contribution in [3.63, 3.8) is 0 Å². The van der Waals surface area contributed by atoms with E-state index in [9.17, 15) is 18.8 Å².